The Morgan fingerprint density at radius 1 is 1.05 bits per heavy atom. The molecule has 1 fully saturated rings. The van der Waals surface area contributed by atoms with Crippen molar-refractivity contribution in [3.8, 4) is 0 Å². The number of carbonyl (C=O) groups is 1. The predicted octanol–water partition coefficient (Wildman–Crippen LogP) is 4.44. The number of carbonyl (C=O) groups excluding carboxylic acids is 1. The topological polar surface area (TPSA) is 17.1 Å². The first kappa shape index (κ1) is 14.2. The average Bonchev–Trinajstić information content (AvgIpc) is 2.33. The smallest absolute Gasteiger partial charge is 0.140 e. The summed E-state index contributed by atoms with van der Waals surface area (Å²) in [4.78, 5) is 12.2. The van der Waals surface area contributed by atoms with Gasteiger partial charge in [-0.15, -0.1) is 0 Å². The molecule has 0 aliphatic heterocycles. The minimum atomic E-state index is -0.486. The first-order chi connectivity index (χ1) is 9.16. The molecule has 0 spiro atoms. The SMILES string of the molecule is O=C(Cc1cc(F)ccc1F)C1CCCCCCC1. The van der Waals surface area contributed by atoms with Gasteiger partial charge in [-0.2, -0.15) is 0 Å². The molecule has 0 heterocycles. The van der Waals surface area contributed by atoms with E-state index >= 15 is 0 Å². The molecule has 0 aromatic heterocycles. The molecule has 1 saturated carbocycles. The van der Waals surface area contributed by atoms with E-state index in [-0.39, 0.29) is 23.7 Å². The minimum Gasteiger partial charge on any atom is -0.299 e. The second-order valence-corrected chi connectivity index (χ2v) is 5.42. The Morgan fingerprint density at radius 2 is 1.68 bits per heavy atom. The number of benzene rings is 1. The number of ketones is 1. The Morgan fingerprint density at radius 3 is 2.37 bits per heavy atom. The van der Waals surface area contributed by atoms with Crippen molar-refractivity contribution in [2.45, 2.75) is 51.4 Å². The Balaban J connectivity index is 2.00. The Hall–Kier alpha value is -1.25. The van der Waals surface area contributed by atoms with Crippen LogP contribution in [0, 0.1) is 17.6 Å². The van der Waals surface area contributed by atoms with E-state index in [0.717, 1.165) is 43.9 Å². The van der Waals surface area contributed by atoms with Crippen molar-refractivity contribution in [2.24, 2.45) is 5.92 Å². The van der Waals surface area contributed by atoms with Gasteiger partial charge in [0.2, 0.25) is 0 Å². The molecule has 104 valence electrons. The van der Waals surface area contributed by atoms with Crippen molar-refractivity contribution in [1.29, 1.82) is 0 Å². The normalized spacial score (nSPS) is 17.8. The van der Waals surface area contributed by atoms with Gasteiger partial charge < -0.3 is 0 Å². The van der Waals surface area contributed by atoms with Crippen LogP contribution < -0.4 is 0 Å². The summed E-state index contributed by atoms with van der Waals surface area (Å²) >= 11 is 0. The highest BCUT2D eigenvalue weighted by atomic mass is 19.1. The Bertz CT molecular complexity index is 434. The molecule has 0 atom stereocenters. The minimum absolute atomic E-state index is 0.0221. The number of hydrogen-bond donors (Lipinski definition) is 0. The predicted molar refractivity (Wildman–Crippen MR) is 70.9 cm³/mol. The fourth-order valence-corrected chi connectivity index (χ4v) is 2.79. The van der Waals surface area contributed by atoms with Crippen LogP contribution in [0.2, 0.25) is 0 Å². The van der Waals surface area contributed by atoms with Crippen LogP contribution in [0.1, 0.15) is 50.5 Å². The Kier molecular flexibility index (Phi) is 5.06. The molecule has 0 saturated heterocycles. The molecule has 19 heavy (non-hydrogen) atoms. The molecule has 1 aromatic rings. The van der Waals surface area contributed by atoms with E-state index in [0.29, 0.717) is 0 Å². The fourth-order valence-electron chi connectivity index (χ4n) is 2.79. The maximum atomic E-state index is 13.5. The molecular weight excluding hydrogens is 246 g/mol. The van der Waals surface area contributed by atoms with Gasteiger partial charge in [0.1, 0.15) is 17.4 Å². The van der Waals surface area contributed by atoms with Gasteiger partial charge in [0.15, 0.2) is 0 Å². The highest BCUT2D eigenvalue weighted by Crippen LogP contribution is 2.24. The van der Waals surface area contributed by atoms with Crippen molar-refractivity contribution in [2.75, 3.05) is 0 Å². The van der Waals surface area contributed by atoms with Crippen LogP contribution in [0.15, 0.2) is 18.2 Å². The maximum absolute atomic E-state index is 13.5. The van der Waals surface area contributed by atoms with Crippen LogP contribution in [0.25, 0.3) is 0 Å². The summed E-state index contributed by atoms with van der Waals surface area (Å²) in [7, 11) is 0. The highest BCUT2D eigenvalue weighted by Gasteiger charge is 2.20. The molecule has 0 amide bonds. The van der Waals surface area contributed by atoms with E-state index in [1.165, 1.54) is 19.3 Å². The van der Waals surface area contributed by atoms with Gasteiger partial charge in [-0.25, -0.2) is 8.78 Å². The lowest BCUT2D eigenvalue weighted by Gasteiger charge is -2.18. The van der Waals surface area contributed by atoms with Crippen LogP contribution in [-0.2, 0) is 11.2 Å². The van der Waals surface area contributed by atoms with Gasteiger partial charge in [-0.05, 0) is 36.6 Å². The van der Waals surface area contributed by atoms with Gasteiger partial charge in [0.05, 0.1) is 0 Å². The van der Waals surface area contributed by atoms with Gasteiger partial charge in [-0.1, -0.05) is 32.1 Å². The van der Waals surface area contributed by atoms with Crippen molar-refractivity contribution >= 4 is 5.78 Å². The second kappa shape index (κ2) is 6.78. The molecule has 0 N–H and O–H groups in total. The molecule has 0 bridgehead atoms. The third-order valence-corrected chi connectivity index (χ3v) is 3.93. The van der Waals surface area contributed by atoms with Crippen LogP contribution >= 0.6 is 0 Å². The second-order valence-electron chi connectivity index (χ2n) is 5.42. The monoisotopic (exact) mass is 266 g/mol. The lowest BCUT2D eigenvalue weighted by Crippen LogP contribution is -2.18. The third kappa shape index (κ3) is 4.12. The van der Waals surface area contributed by atoms with E-state index in [2.05, 4.69) is 0 Å². The van der Waals surface area contributed by atoms with Crippen LogP contribution in [0.5, 0.6) is 0 Å². The molecule has 0 radical (unpaired) electrons. The van der Waals surface area contributed by atoms with Crippen molar-refractivity contribution in [3.05, 3.63) is 35.4 Å². The lowest BCUT2D eigenvalue weighted by molar-refractivity contribution is -0.122. The quantitative estimate of drug-likeness (QED) is 0.790. The van der Waals surface area contributed by atoms with Crippen molar-refractivity contribution in [3.63, 3.8) is 0 Å². The van der Waals surface area contributed by atoms with Crippen LogP contribution in [-0.4, -0.2) is 5.78 Å². The molecule has 3 heteroatoms. The summed E-state index contributed by atoms with van der Waals surface area (Å²) in [5, 5.41) is 0. The van der Waals surface area contributed by atoms with Crippen molar-refractivity contribution < 1.29 is 13.6 Å². The maximum Gasteiger partial charge on any atom is 0.140 e. The van der Waals surface area contributed by atoms with Gasteiger partial charge in [0.25, 0.3) is 0 Å². The summed E-state index contributed by atoms with van der Waals surface area (Å²) in [5.74, 6) is -0.878. The zero-order valence-electron chi connectivity index (χ0n) is 11.1. The first-order valence-corrected chi connectivity index (χ1v) is 7.13. The summed E-state index contributed by atoms with van der Waals surface area (Å²) < 4.78 is 26.6. The van der Waals surface area contributed by atoms with Crippen molar-refractivity contribution in [1.82, 2.24) is 0 Å². The zero-order valence-corrected chi connectivity index (χ0v) is 11.1. The third-order valence-electron chi connectivity index (χ3n) is 3.93. The van der Waals surface area contributed by atoms with Crippen LogP contribution in [0.3, 0.4) is 0 Å². The highest BCUT2D eigenvalue weighted by molar-refractivity contribution is 5.83. The van der Waals surface area contributed by atoms with E-state index in [9.17, 15) is 13.6 Å². The molecule has 1 nitrogen and oxygen atoms in total. The number of halogens is 2. The zero-order chi connectivity index (χ0) is 13.7. The fraction of sp³-hybridized carbons (Fsp3) is 0.562. The van der Waals surface area contributed by atoms with E-state index < -0.39 is 11.6 Å². The first-order valence-electron chi connectivity index (χ1n) is 7.13. The van der Waals surface area contributed by atoms with E-state index in [1.54, 1.807) is 0 Å². The summed E-state index contributed by atoms with van der Waals surface area (Å²) in [6.07, 6.45) is 7.57. The summed E-state index contributed by atoms with van der Waals surface area (Å²) in [6.45, 7) is 0. The molecule has 0 unspecified atom stereocenters. The Labute approximate surface area is 113 Å². The van der Waals surface area contributed by atoms with E-state index in [4.69, 9.17) is 0 Å². The molecule has 1 aliphatic rings. The molecular formula is C16H20F2O. The summed E-state index contributed by atoms with van der Waals surface area (Å²) in [6, 6.07) is 3.31. The number of rotatable bonds is 3. The van der Waals surface area contributed by atoms with Gasteiger partial charge >= 0.3 is 0 Å². The van der Waals surface area contributed by atoms with Crippen LogP contribution in [0.4, 0.5) is 8.78 Å². The number of Topliss-reactive ketones (excluding diaryl/α,β-unsaturated/α-hetero) is 1. The molecule has 2 rings (SSSR count). The molecule has 1 aliphatic carbocycles. The summed E-state index contributed by atoms with van der Waals surface area (Å²) in [5.41, 5.74) is 0.187. The van der Waals surface area contributed by atoms with E-state index in [1.807, 2.05) is 0 Å². The van der Waals surface area contributed by atoms with Gasteiger partial charge in [-0.3, -0.25) is 4.79 Å². The number of hydrogen-bond acceptors (Lipinski definition) is 1. The molecule has 1 aromatic carbocycles. The van der Waals surface area contributed by atoms with Gasteiger partial charge in [0, 0.05) is 12.3 Å². The average molecular weight is 266 g/mol. The lowest BCUT2D eigenvalue weighted by atomic mass is 9.86. The largest absolute Gasteiger partial charge is 0.299 e. The standard InChI is InChI=1S/C16H20F2O/c17-14-8-9-15(18)13(10-14)11-16(19)12-6-4-2-1-3-5-7-12/h8-10,12H,1-7,11H2.